The number of nitrogens with one attached hydrogen (secondary N) is 1. The predicted octanol–water partition coefficient (Wildman–Crippen LogP) is 5.62. The Hall–Kier alpha value is -3.34. The minimum absolute atomic E-state index is 0.253. The fraction of sp³-hybridized carbons (Fsp3) is 0.208. The lowest BCUT2D eigenvalue weighted by Gasteiger charge is -2.09. The summed E-state index contributed by atoms with van der Waals surface area (Å²) in [5.74, 6) is 1.01. The molecule has 0 aromatic heterocycles. The highest BCUT2D eigenvalue weighted by Gasteiger charge is 2.06. The lowest BCUT2D eigenvalue weighted by Crippen LogP contribution is -2.11. The Labute approximate surface area is 170 Å². The van der Waals surface area contributed by atoms with Crippen LogP contribution in [0.3, 0.4) is 0 Å². The Morgan fingerprint density at radius 3 is 2.17 bits per heavy atom. The van der Waals surface area contributed by atoms with Crippen molar-refractivity contribution in [3.63, 3.8) is 0 Å². The van der Waals surface area contributed by atoms with Crippen molar-refractivity contribution in [2.75, 3.05) is 18.5 Å². The summed E-state index contributed by atoms with van der Waals surface area (Å²) < 4.78 is 24.4. The van der Waals surface area contributed by atoms with Crippen molar-refractivity contribution in [2.45, 2.75) is 19.8 Å². The average Bonchev–Trinajstić information content (AvgIpc) is 2.73. The van der Waals surface area contributed by atoms with E-state index in [1.54, 1.807) is 24.3 Å². The molecule has 0 aliphatic heterocycles. The van der Waals surface area contributed by atoms with Crippen LogP contribution in [0.1, 0.15) is 28.8 Å². The maximum Gasteiger partial charge on any atom is 0.255 e. The van der Waals surface area contributed by atoms with Gasteiger partial charge in [-0.25, -0.2) is 4.39 Å². The molecule has 0 bridgehead atoms. The van der Waals surface area contributed by atoms with Crippen LogP contribution in [0, 0.1) is 12.7 Å². The lowest BCUT2D eigenvalue weighted by molar-refractivity contribution is 0.102. The van der Waals surface area contributed by atoms with E-state index in [2.05, 4.69) is 5.32 Å². The zero-order chi connectivity index (χ0) is 20.5. The van der Waals surface area contributed by atoms with Crippen molar-refractivity contribution < 1.29 is 18.7 Å². The normalized spacial score (nSPS) is 10.4. The Morgan fingerprint density at radius 2 is 1.52 bits per heavy atom. The molecule has 29 heavy (non-hydrogen) atoms. The zero-order valence-electron chi connectivity index (χ0n) is 16.4. The smallest absolute Gasteiger partial charge is 0.255 e. The summed E-state index contributed by atoms with van der Waals surface area (Å²) in [6, 6.07) is 20.6. The highest BCUT2D eigenvalue weighted by atomic mass is 19.1. The van der Waals surface area contributed by atoms with Crippen molar-refractivity contribution in [1.29, 1.82) is 0 Å². The van der Waals surface area contributed by atoms with Crippen LogP contribution in [0.15, 0.2) is 72.8 Å². The van der Waals surface area contributed by atoms with E-state index in [1.807, 2.05) is 31.2 Å². The quantitative estimate of drug-likeness (QED) is 0.480. The third-order valence-electron chi connectivity index (χ3n) is 4.28. The van der Waals surface area contributed by atoms with Gasteiger partial charge in [0, 0.05) is 11.3 Å². The first kappa shape index (κ1) is 20.4. The van der Waals surface area contributed by atoms with E-state index in [0.717, 1.165) is 18.6 Å². The molecule has 0 aliphatic carbocycles. The number of ether oxygens (including phenoxy) is 2. The van der Waals surface area contributed by atoms with Gasteiger partial charge in [0.2, 0.25) is 0 Å². The molecule has 3 aromatic carbocycles. The predicted molar refractivity (Wildman–Crippen MR) is 112 cm³/mol. The third kappa shape index (κ3) is 6.64. The summed E-state index contributed by atoms with van der Waals surface area (Å²) in [5, 5.41) is 2.73. The first-order valence-electron chi connectivity index (χ1n) is 9.59. The molecule has 0 saturated carbocycles. The first-order chi connectivity index (χ1) is 14.1. The number of carbonyl (C=O) groups is 1. The van der Waals surface area contributed by atoms with Gasteiger partial charge in [0.25, 0.3) is 5.91 Å². The van der Waals surface area contributed by atoms with Crippen LogP contribution in [-0.2, 0) is 0 Å². The number of amides is 1. The monoisotopic (exact) mass is 393 g/mol. The molecule has 0 saturated heterocycles. The van der Waals surface area contributed by atoms with Crippen molar-refractivity contribution in [3.8, 4) is 11.5 Å². The summed E-state index contributed by atoms with van der Waals surface area (Å²) in [6.45, 7) is 3.27. The van der Waals surface area contributed by atoms with Crippen molar-refractivity contribution >= 4 is 11.6 Å². The second kappa shape index (κ2) is 10.3. The average molecular weight is 393 g/mol. The summed E-state index contributed by atoms with van der Waals surface area (Å²) in [6.07, 6.45) is 1.77. The minimum atomic E-state index is -0.341. The van der Waals surface area contributed by atoms with Gasteiger partial charge in [0.1, 0.15) is 17.3 Å². The fourth-order valence-electron chi connectivity index (χ4n) is 2.73. The number of rotatable bonds is 9. The second-order valence-electron chi connectivity index (χ2n) is 6.71. The Balaban J connectivity index is 1.36. The van der Waals surface area contributed by atoms with E-state index < -0.39 is 0 Å². The van der Waals surface area contributed by atoms with Crippen LogP contribution < -0.4 is 14.8 Å². The van der Waals surface area contributed by atoms with E-state index in [1.165, 1.54) is 29.8 Å². The first-order valence-corrected chi connectivity index (χ1v) is 9.59. The number of unbranched alkanes of at least 4 members (excludes halogenated alkanes) is 1. The number of carbonyl (C=O) groups excluding carboxylic acids is 1. The number of hydrogen-bond donors (Lipinski definition) is 1. The van der Waals surface area contributed by atoms with Gasteiger partial charge in [-0.2, -0.15) is 0 Å². The van der Waals surface area contributed by atoms with Gasteiger partial charge in [-0.1, -0.05) is 12.1 Å². The molecule has 0 radical (unpaired) electrons. The summed E-state index contributed by atoms with van der Waals surface area (Å²) in [4.78, 5) is 12.2. The maximum atomic E-state index is 12.9. The van der Waals surface area contributed by atoms with E-state index in [9.17, 15) is 9.18 Å². The minimum Gasteiger partial charge on any atom is -0.494 e. The van der Waals surface area contributed by atoms with Crippen LogP contribution in [0.2, 0.25) is 0 Å². The maximum absolute atomic E-state index is 12.9. The van der Waals surface area contributed by atoms with Gasteiger partial charge in [-0.15, -0.1) is 0 Å². The van der Waals surface area contributed by atoms with Crippen LogP contribution in [0.5, 0.6) is 11.5 Å². The number of aryl methyl sites for hydroxylation is 1. The number of hydrogen-bond acceptors (Lipinski definition) is 3. The fourth-order valence-corrected chi connectivity index (χ4v) is 2.73. The van der Waals surface area contributed by atoms with Gasteiger partial charge in [0.15, 0.2) is 0 Å². The van der Waals surface area contributed by atoms with Gasteiger partial charge in [0.05, 0.1) is 13.2 Å². The topological polar surface area (TPSA) is 47.6 Å². The van der Waals surface area contributed by atoms with E-state index in [4.69, 9.17) is 9.47 Å². The molecule has 0 unspecified atom stereocenters. The largest absolute Gasteiger partial charge is 0.494 e. The second-order valence-corrected chi connectivity index (χ2v) is 6.71. The number of halogens is 1. The molecule has 0 heterocycles. The van der Waals surface area contributed by atoms with Crippen molar-refractivity contribution in [3.05, 3.63) is 89.7 Å². The molecule has 5 heteroatoms. The van der Waals surface area contributed by atoms with E-state index in [0.29, 0.717) is 30.2 Å². The third-order valence-corrected chi connectivity index (χ3v) is 4.28. The molecule has 3 rings (SSSR count). The summed E-state index contributed by atoms with van der Waals surface area (Å²) in [5.41, 5.74) is 2.23. The van der Waals surface area contributed by atoms with Crippen molar-refractivity contribution in [1.82, 2.24) is 0 Å². The van der Waals surface area contributed by atoms with Crippen LogP contribution in [-0.4, -0.2) is 19.1 Å². The molecule has 1 N–H and O–H groups in total. The zero-order valence-corrected chi connectivity index (χ0v) is 16.4. The molecule has 0 spiro atoms. The van der Waals surface area contributed by atoms with Crippen LogP contribution in [0.4, 0.5) is 10.1 Å². The summed E-state index contributed by atoms with van der Waals surface area (Å²) in [7, 11) is 0. The molecule has 0 fully saturated rings. The Morgan fingerprint density at radius 1 is 0.862 bits per heavy atom. The van der Waals surface area contributed by atoms with Crippen molar-refractivity contribution in [2.24, 2.45) is 0 Å². The molecule has 0 atom stereocenters. The van der Waals surface area contributed by atoms with E-state index >= 15 is 0 Å². The highest BCUT2D eigenvalue weighted by molar-refractivity contribution is 6.04. The molecule has 0 aliphatic rings. The standard InChI is InChI=1S/C24H24FNO3/c1-18-5-4-6-23(17-18)29-16-3-2-15-28-22-13-7-19(8-14-22)24(27)26-21-11-9-20(25)10-12-21/h4-14,17H,2-3,15-16H2,1H3,(H,26,27). The summed E-state index contributed by atoms with van der Waals surface area (Å²) >= 11 is 0. The number of benzene rings is 3. The Kier molecular flexibility index (Phi) is 7.22. The lowest BCUT2D eigenvalue weighted by atomic mass is 10.2. The van der Waals surface area contributed by atoms with Gasteiger partial charge in [-0.3, -0.25) is 4.79 Å². The Bertz CT molecular complexity index is 924. The molecule has 150 valence electrons. The van der Waals surface area contributed by atoms with Crippen LogP contribution >= 0.6 is 0 Å². The molecular formula is C24H24FNO3. The molecule has 3 aromatic rings. The SMILES string of the molecule is Cc1cccc(OCCCCOc2ccc(C(=O)Nc3ccc(F)cc3)cc2)c1. The molecular weight excluding hydrogens is 369 g/mol. The highest BCUT2D eigenvalue weighted by Crippen LogP contribution is 2.16. The van der Waals surface area contributed by atoms with E-state index in [-0.39, 0.29) is 11.7 Å². The molecule has 4 nitrogen and oxygen atoms in total. The van der Waals surface area contributed by atoms with Crippen LogP contribution in [0.25, 0.3) is 0 Å². The van der Waals surface area contributed by atoms with Gasteiger partial charge in [-0.05, 0) is 86.0 Å². The number of anilines is 1. The van der Waals surface area contributed by atoms with Gasteiger partial charge >= 0.3 is 0 Å². The molecule has 1 amide bonds. The van der Waals surface area contributed by atoms with Gasteiger partial charge < -0.3 is 14.8 Å².